The number of anilines is 1. The second kappa shape index (κ2) is 10.3. The molecule has 2 aromatic rings. The number of thioether (sulfide) groups is 1. The number of nitrogens with one attached hydrogen (secondary N) is 1. The number of carboxylic acid groups (broad SMARTS) is 1. The van der Waals surface area contributed by atoms with Gasteiger partial charge in [-0.15, -0.1) is 0 Å². The predicted molar refractivity (Wildman–Crippen MR) is 126 cm³/mol. The van der Waals surface area contributed by atoms with E-state index in [-0.39, 0.29) is 36.1 Å². The Bertz CT molecular complexity index is 1100. The molecule has 0 spiro atoms. The highest BCUT2D eigenvalue weighted by Crippen LogP contribution is 2.34. The molecule has 0 aromatic heterocycles. The summed E-state index contributed by atoms with van der Waals surface area (Å²) < 4.78 is 5.71. The average molecular weight is 473 g/mol. The molecule has 3 N–H and O–H groups in total. The largest absolute Gasteiger partial charge is 0.504 e. The minimum Gasteiger partial charge on any atom is -0.504 e. The summed E-state index contributed by atoms with van der Waals surface area (Å²) in [6.45, 7) is 2.31. The van der Waals surface area contributed by atoms with Gasteiger partial charge in [-0.2, -0.15) is 0 Å². The number of ether oxygens (including phenoxy) is 1. The highest BCUT2D eigenvalue weighted by molar-refractivity contribution is 8.26. The Kier molecular flexibility index (Phi) is 7.49. The van der Waals surface area contributed by atoms with Gasteiger partial charge in [0.2, 0.25) is 5.91 Å². The molecule has 0 saturated carbocycles. The number of carbonyl (C=O) groups excluding carboxylic acids is 2. The Balaban J connectivity index is 1.61. The van der Waals surface area contributed by atoms with Gasteiger partial charge in [0.15, 0.2) is 11.5 Å². The van der Waals surface area contributed by atoms with Gasteiger partial charge in [-0.25, -0.2) is 4.79 Å². The van der Waals surface area contributed by atoms with Crippen molar-refractivity contribution in [2.75, 3.05) is 18.5 Å². The lowest BCUT2D eigenvalue weighted by Crippen LogP contribution is -2.31. The standard InChI is InChI=1S/C22H20N2O6S2/c1-2-30-17-11-13(3-8-16(17)25)12-18-20(27)24(22(31)32-18)10-9-19(26)23-15-6-4-14(5-7-15)21(28)29/h3-8,11-12,25H,2,9-10H2,1H3,(H,23,26)(H,28,29)/b18-12-. The van der Waals surface area contributed by atoms with Crippen LogP contribution in [0.15, 0.2) is 47.4 Å². The zero-order valence-electron chi connectivity index (χ0n) is 17.0. The maximum Gasteiger partial charge on any atom is 0.335 e. The fourth-order valence-corrected chi connectivity index (χ4v) is 4.18. The first-order valence-electron chi connectivity index (χ1n) is 9.63. The number of carboxylic acids is 1. The van der Waals surface area contributed by atoms with Crippen molar-refractivity contribution < 1.29 is 29.3 Å². The summed E-state index contributed by atoms with van der Waals surface area (Å²) in [5.74, 6) is -1.34. The summed E-state index contributed by atoms with van der Waals surface area (Å²) >= 11 is 6.43. The Morgan fingerprint density at radius 3 is 2.59 bits per heavy atom. The number of amides is 2. The third-order valence-corrected chi connectivity index (χ3v) is 5.81. The normalized spacial score (nSPS) is 14.7. The molecule has 0 aliphatic carbocycles. The van der Waals surface area contributed by atoms with E-state index >= 15 is 0 Å². The number of aromatic carboxylic acids is 1. The first kappa shape index (κ1) is 23.3. The van der Waals surface area contributed by atoms with Gasteiger partial charge in [-0.05, 0) is 55.0 Å². The lowest BCUT2D eigenvalue weighted by molar-refractivity contribution is -0.122. The minimum absolute atomic E-state index is 0.0140. The van der Waals surface area contributed by atoms with Gasteiger partial charge in [-0.1, -0.05) is 30.0 Å². The van der Waals surface area contributed by atoms with Gasteiger partial charge in [0, 0.05) is 18.7 Å². The van der Waals surface area contributed by atoms with E-state index in [9.17, 15) is 19.5 Å². The van der Waals surface area contributed by atoms with Crippen molar-refractivity contribution in [3.05, 3.63) is 58.5 Å². The number of phenols is 1. The van der Waals surface area contributed by atoms with E-state index < -0.39 is 5.97 Å². The topological polar surface area (TPSA) is 116 Å². The fraction of sp³-hybridized carbons (Fsp3) is 0.182. The second-order valence-electron chi connectivity index (χ2n) is 6.67. The van der Waals surface area contributed by atoms with Crippen LogP contribution >= 0.6 is 24.0 Å². The number of hydrogen-bond acceptors (Lipinski definition) is 7. The molecular formula is C22H20N2O6S2. The molecule has 8 nitrogen and oxygen atoms in total. The van der Waals surface area contributed by atoms with Crippen molar-refractivity contribution in [2.24, 2.45) is 0 Å². The van der Waals surface area contributed by atoms with Gasteiger partial charge in [0.05, 0.1) is 17.1 Å². The summed E-state index contributed by atoms with van der Waals surface area (Å²) in [4.78, 5) is 37.6. The van der Waals surface area contributed by atoms with Crippen LogP contribution in [0, 0.1) is 0 Å². The lowest BCUT2D eigenvalue weighted by atomic mass is 10.2. The monoisotopic (exact) mass is 472 g/mol. The number of nitrogens with zero attached hydrogens (tertiary/aromatic N) is 1. The Hall–Kier alpha value is -3.37. The first-order valence-corrected chi connectivity index (χ1v) is 10.9. The third kappa shape index (κ3) is 5.65. The zero-order chi connectivity index (χ0) is 23.3. The number of carbonyl (C=O) groups is 3. The average Bonchev–Trinajstić information content (AvgIpc) is 3.02. The second-order valence-corrected chi connectivity index (χ2v) is 8.35. The minimum atomic E-state index is -1.05. The Morgan fingerprint density at radius 1 is 1.22 bits per heavy atom. The van der Waals surface area contributed by atoms with Crippen LogP contribution in [0.25, 0.3) is 6.08 Å². The molecule has 1 aliphatic heterocycles. The molecule has 0 bridgehead atoms. The van der Waals surface area contributed by atoms with Gasteiger partial charge in [-0.3, -0.25) is 14.5 Å². The highest BCUT2D eigenvalue weighted by atomic mass is 32.2. The van der Waals surface area contributed by atoms with E-state index in [1.807, 2.05) is 0 Å². The maximum absolute atomic E-state index is 12.8. The van der Waals surface area contributed by atoms with E-state index in [0.29, 0.717) is 32.8 Å². The number of aromatic hydroxyl groups is 1. The molecule has 0 atom stereocenters. The van der Waals surface area contributed by atoms with E-state index in [0.717, 1.165) is 11.8 Å². The summed E-state index contributed by atoms with van der Waals surface area (Å²) in [5, 5.41) is 21.4. The predicted octanol–water partition coefficient (Wildman–Crippen LogP) is 3.72. The summed E-state index contributed by atoms with van der Waals surface area (Å²) in [5.41, 5.74) is 1.26. The molecule has 2 aromatic carbocycles. The number of phenolic OH excluding ortho intramolecular Hbond substituents is 1. The molecule has 1 heterocycles. The third-order valence-electron chi connectivity index (χ3n) is 4.43. The van der Waals surface area contributed by atoms with Crippen molar-refractivity contribution in [3.63, 3.8) is 0 Å². The number of benzene rings is 2. The van der Waals surface area contributed by atoms with Crippen LogP contribution in [0.5, 0.6) is 11.5 Å². The number of hydrogen-bond donors (Lipinski definition) is 3. The molecule has 1 saturated heterocycles. The smallest absolute Gasteiger partial charge is 0.335 e. The molecule has 1 fully saturated rings. The molecule has 3 rings (SSSR count). The number of thiocarbonyl (C=S) groups is 1. The van der Waals surface area contributed by atoms with Crippen molar-refractivity contribution in [2.45, 2.75) is 13.3 Å². The van der Waals surface area contributed by atoms with Crippen LogP contribution in [0.4, 0.5) is 5.69 Å². The molecule has 0 unspecified atom stereocenters. The molecule has 1 aliphatic rings. The first-order chi connectivity index (χ1) is 15.3. The molecule has 0 radical (unpaired) electrons. The van der Waals surface area contributed by atoms with Gasteiger partial charge >= 0.3 is 5.97 Å². The molecule has 32 heavy (non-hydrogen) atoms. The SMILES string of the molecule is CCOc1cc(/C=C2\SC(=S)N(CCC(=O)Nc3ccc(C(=O)O)cc3)C2=O)ccc1O. The van der Waals surface area contributed by atoms with Gasteiger partial charge < -0.3 is 20.3 Å². The van der Waals surface area contributed by atoms with Crippen LogP contribution in [0.1, 0.15) is 29.3 Å². The van der Waals surface area contributed by atoms with E-state index in [1.165, 1.54) is 35.2 Å². The Labute approximate surface area is 193 Å². The van der Waals surface area contributed by atoms with Crippen LogP contribution < -0.4 is 10.1 Å². The molecule has 166 valence electrons. The number of rotatable bonds is 8. The van der Waals surface area contributed by atoms with Gasteiger partial charge in [0.1, 0.15) is 4.32 Å². The van der Waals surface area contributed by atoms with Crippen LogP contribution in [-0.4, -0.2) is 50.4 Å². The molecular weight excluding hydrogens is 452 g/mol. The molecule has 10 heteroatoms. The van der Waals surface area contributed by atoms with Crippen molar-refractivity contribution >= 4 is 57.8 Å². The molecule has 2 amide bonds. The van der Waals surface area contributed by atoms with Crippen molar-refractivity contribution in [3.8, 4) is 11.5 Å². The summed E-state index contributed by atoms with van der Waals surface area (Å²) in [6.07, 6.45) is 1.68. The van der Waals surface area contributed by atoms with Crippen molar-refractivity contribution in [1.29, 1.82) is 0 Å². The summed E-state index contributed by atoms with van der Waals surface area (Å²) in [6, 6.07) is 10.6. The van der Waals surface area contributed by atoms with E-state index in [4.69, 9.17) is 22.1 Å². The highest BCUT2D eigenvalue weighted by Gasteiger charge is 2.32. The van der Waals surface area contributed by atoms with E-state index in [2.05, 4.69) is 5.32 Å². The lowest BCUT2D eigenvalue weighted by Gasteiger charge is -2.14. The van der Waals surface area contributed by atoms with Crippen LogP contribution in [0.3, 0.4) is 0 Å². The van der Waals surface area contributed by atoms with Crippen LogP contribution in [-0.2, 0) is 9.59 Å². The van der Waals surface area contributed by atoms with E-state index in [1.54, 1.807) is 25.1 Å². The quantitative estimate of drug-likeness (QED) is 0.393. The maximum atomic E-state index is 12.8. The van der Waals surface area contributed by atoms with Crippen molar-refractivity contribution in [1.82, 2.24) is 4.90 Å². The van der Waals surface area contributed by atoms with Crippen LogP contribution in [0.2, 0.25) is 0 Å². The fourth-order valence-electron chi connectivity index (χ4n) is 2.87. The van der Waals surface area contributed by atoms with Gasteiger partial charge in [0.25, 0.3) is 5.91 Å². The Morgan fingerprint density at radius 2 is 1.94 bits per heavy atom. The zero-order valence-corrected chi connectivity index (χ0v) is 18.7. The summed E-state index contributed by atoms with van der Waals surface area (Å²) in [7, 11) is 0.